The Labute approximate surface area is 104 Å². The molecule has 0 radical (unpaired) electrons. The van der Waals surface area contributed by atoms with Gasteiger partial charge in [-0.1, -0.05) is 12.1 Å². The van der Waals surface area contributed by atoms with E-state index in [2.05, 4.69) is 4.74 Å². The lowest BCUT2D eigenvalue weighted by Gasteiger charge is -2.03. The van der Waals surface area contributed by atoms with Crippen molar-refractivity contribution in [1.82, 2.24) is 0 Å². The van der Waals surface area contributed by atoms with Gasteiger partial charge >= 0.3 is 5.97 Å². The third kappa shape index (κ3) is 2.48. The molecule has 2 rings (SSSR count). The minimum absolute atomic E-state index is 0.106. The number of hydrogen-bond acceptors (Lipinski definition) is 4. The fraction of sp³-hybridized carbons (Fsp3) is 0.143. The van der Waals surface area contributed by atoms with Gasteiger partial charge in [0, 0.05) is 17.7 Å². The molecule has 0 saturated carbocycles. The summed E-state index contributed by atoms with van der Waals surface area (Å²) in [5, 5.41) is 0. The van der Waals surface area contributed by atoms with Crippen LogP contribution in [-0.4, -0.2) is 13.1 Å². The van der Waals surface area contributed by atoms with E-state index in [0.29, 0.717) is 17.1 Å². The SMILES string of the molecule is COC(=O)c1ccc(-c2cc(=O)cc(C)o2)cc1. The van der Waals surface area contributed by atoms with Crippen LogP contribution in [0.15, 0.2) is 45.6 Å². The zero-order chi connectivity index (χ0) is 13.1. The Hall–Kier alpha value is -2.36. The monoisotopic (exact) mass is 244 g/mol. The number of aryl methyl sites for hydroxylation is 1. The molecule has 1 heterocycles. The molecule has 0 atom stereocenters. The summed E-state index contributed by atoms with van der Waals surface area (Å²) in [6.07, 6.45) is 0. The Morgan fingerprint density at radius 2 is 1.83 bits per heavy atom. The van der Waals surface area contributed by atoms with E-state index in [1.165, 1.54) is 19.2 Å². The fourth-order valence-corrected chi connectivity index (χ4v) is 1.63. The highest BCUT2D eigenvalue weighted by atomic mass is 16.5. The molecular weight excluding hydrogens is 232 g/mol. The van der Waals surface area contributed by atoms with Crippen LogP contribution in [0.2, 0.25) is 0 Å². The lowest BCUT2D eigenvalue weighted by atomic mass is 10.1. The minimum Gasteiger partial charge on any atom is -0.465 e. The number of hydrogen-bond donors (Lipinski definition) is 0. The summed E-state index contributed by atoms with van der Waals surface area (Å²) in [4.78, 5) is 22.6. The first-order valence-electron chi connectivity index (χ1n) is 5.40. The summed E-state index contributed by atoms with van der Waals surface area (Å²) in [6.45, 7) is 1.72. The van der Waals surface area contributed by atoms with Gasteiger partial charge in [0.05, 0.1) is 12.7 Å². The van der Waals surface area contributed by atoms with Gasteiger partial charge in [-0.3, -0.25) is 4.79 Å². The van der Waals surface area contributed by atoms with E-state index in [0.717, 1.165) is 5.56 Å². The Morgan fingerprint density at radius 3 is 2.39 bits per heavy atom. The van der Waals surface area contributed by atoms with Crippen LogP contribution in [0.25, 0.3) is 11.3 Å². The molecule has 2 aromatic rings. The highest BCUT2D eigenvalue weighted by molar-refractivity contribution is 5.89. The average Bonchev–Trinajstić information content (AvgIpc) is 2.37. The number of carbonyl (C=O) groups excluding carboxylic acids is 1. The third-order valence-electron chi connectivity index (χ3n) is 2.48. The molecule has 0 N–H and O–H groups in total. The number of rotatable bonds is 2. The largest absolute Gasteiger partial charge is 0.465 e. The highest BCUT2D eigenvalue weighted by Crippen LogP contribution is 2.19. The van der Waals surface area contributed by atoms with E-state index in [1.807, 2.05) is 0 Å². The van der Waals surface area contributed by atoms with Gasteiger partial charge in [-0.25, -0.2) is 4.79 Å². The summed E-state index contributed by atoms with van der Waals surface area (Å²) in [6, 6.07) is 9.52. The molecule has 1 aromatic heterocycles. The molecule has 0 fully saturated rings. The van der Waals surface area contributed by atoms with E-state index in [4.69, 9.17) is 4.42 Å². The van der Waals surface area contributed by atoms with Crippen LogP contribution in [0.1, 0.15) is 16.1 Å². The van der Waals surface area contributed by atoms with Crippen molar-refractivity contribution in [3.05, 3.63) is 57.9 Å². The molecule has 0 aliphatic rings. The summed E-state index contributed by atoms with van der Waals surface area (Å²) >= 11 is 0. The zero-order valence-corrected chi connectivity index (χ0v) is 10.1. The molecule has 0 amide bonds. The predicted octanol–water partition coefficient (Wildman–Crippen LogP) is 2.40. The summed E-state index contributed by atoms with van der Waals surface area (Å²) in [5.41, 5.74) is 1.09. The summed E-state index contributed by atoms with van der Waals surface area (Å²) in [7, 11) is 1.33. The number of ether oxygens (including phenoxy) is 1. The minimum atomic E-state index is -0.396. The van der Waals surface area contributed by atoms with Gasteiger partial charge in [-0.05, 0) is 19.1 Å². The van der Waals surface area contributed by atoms with Crippen molar-refractivity contribution in [2.45, 2.75) is 6.92 Å². The van der Waals surface area contributed by atoms with Crippen molar-refractivity contribution >= 4 is 5.97 Å². The topological polar surface area (TPSA) is 56.5 Å². The maximum atomic E-state index is 11.4. The molecule has 4 heteroatoms. The molecule has 18 heavy (non-hydrogen) atoms. The second kappa shape index (κ2) is 4.87. The molecular formula is C14H12O4. The molecule has 0 aliphatic carbocycles. The lowest BCUT2D eigenvalue weighted by Crippen LogP contribution is -2.01. The van der Waals surface area contributed by atoms with Gasteiger partial charge in [0.2, 0.25) is 0 Å². The van der Waals surface area contributed by atoms with Crippen molar-refractivity contribution in [2.75, 3.05) is 7.11 Å². The number of methoxy groups -OCH3 is 1. The average molecular weight is 244 g/mol. The second-order valence-electron chi connectivity index (χ2n) is 3.84. The van der Waals surface area contributed by atoms with E-state index in [-0.39, 0.29) is 5.43 Å². The second-order valence-corrected chi connectivity index (χ2v) is 3.84. The quantitative estimate of drug-likeness (QED) is 0.761. The van der Waals surface area contributed by atoms with E-state index >= 15 is 0 Å². The van der Waals surface area contributed by atoms with Gasteiger partial charge in [0.15, 0.2) is 5.43 Å². The van der Waals surface area contributed by atoms with Crippen LogP contribution >= 0.6 is 0 Å². The van der Waals surface area contributed by atoms with Gasteiger partial charge in [-0.15, -0.1) is 0 Å². The Bertz CT molecular complexity index is 623. The molecule has 0 saturated heterocycles. The van der Waals surface area contributed by atoms with E-state index in [1.54, 1.807) is 31.2 Å². The first kappa shape index (κ1) is 12.1. The number of carbonyl (C=O) groups is 1. The van der Waals surface area contributed by atoms with Crippen molar-refractivity contribution in [2.24, 2.45) is 0 Å². The molecule has 1 aromatic carbocycles. The van der Waals surface area contributed by atoms with E-state index in [9.17, 15) is 9.59 Å². The normalized spacial score (nSPS) is 10.1. The lowest BCUT2D eigenvalue weighted by molar-refractivity contribution is 0.0601. The molecule has 0 aliphatic heterocycles. The first-order valence-corrected chi connectivity index (χ1v) is 5.40. The van der Waals surface area contributed by atoms with Crippen molar-refractivity contribution < 1.29 is 13.9 Å². The number of benzene rings is 1. The van der Waals surface area contributed by atoms with Crippen molar-refractivity contribution in [1.29, 1.82) is 0 Å². The van der Waals surface area contributed by atoms with Crippen LogP contribution in [0, 0.1) is 6.92 Å². The van der Waals surface area contributed by atoms with Crippen LogP contribution in [0.3, 0.4) is 0 Å². The van der Waals surface area contributed by atoms with E-state index < -0.39 is 5.97 Å². The van der Waals surface area contributed by atoms with Crippen molar-refractivity contribution in [3.63, 3.8) is 0 Å². The Kier molecular flexibility index (Phi) is 3.28. The molecule has 0 unspecified atom stereocenters. The van der Waals surface area contributed by atoms with Gasteiger partial charge in [0.25, 0.3) is 0 Å². The smallest absolute Gasteiger partial charge is 0.337 e. The van der Waals surface area contributed by atoms with Crippen LogP contribution in [-0.2, 0) is 4.74 Å². The highest BCUT2D eigenvalue weighted by Gasteiger charge is 2.07. The van der Waals surface area contributed by atoms with Crippen molar-refractivity contribution in [3.8, 4) is 11.3 Å². The van der Waals surface area contributed by atoms with Crippen LogP contribution < -0.4 is 5.43 Å². The summed E-state index contributed by atoms with van der Waals surface area (Å²) in [5.74, 6) is 0.637. The molecule has 4 nitrogen and oxygen atoms in total. The van der Waals surface area contributed by atoms with Gasteiger partial charge < -0.3 is 9.15 Å². The Morgan fingerprint density at radius 1 is 1.17 bits per heavy atom. The van der Waals surface area contributed by atoms with Gasteiger partial charge in [-0.2, -0.15) is 0 Å². The van der Waals surface area contributed by atoms with Gasteiger partial charge in [0.1, 0.15) is 11.5 Å². The van der Waals surface area contributed by atoms with Crippen LogP contribution in [0.4, 0.5) is 0 Å². The van der Waals surface area contributed by atoms with Crippen LogP contribution in [0.5, 0.6) is 0 Å². The number of esters is 1. The fourth-order valence-electron chi connectivity index (χ4n) is 1.63. The molecule has 92 valence electrons. The first-order chi connectivity index (χ1) is 8.60. The standard InChI is InChI=1S/C14H12O4/c1-9-7-12(15)8-13(18-9)10-3-5-11(6-4-10)14(16)17-2/h3-8H,1-2H3. The molecule has 0 bridgehead atoms. The Balaban J connectivity index is 2.40. The third-order valence-corrected chi connectivity index (χ3v) is 2.48. The molecule has 0 spiro atoms. The predicted molar refractivity (Wildman–Crippen MR) is 66.5 cm³/mol. The maximum absolute atomic E-state index is 11.4. The zero-order valence-electron chi connectivity index (χ0n) is 10.1. The summed E-state index contributed by atoms with van der Waals surface area (Å²) < 4.78 is 10.1. The maximum Gasteiger partial charge on any atom is 0.337 e.